The van der Waals surface area contributed by atoms with Gasteiger partial charge < -0.3 is 14.9 Å². The van der Waals surface area contributed by atoms with Crippen molar-refractivity contribution in [2.75, 3.05) is 6.61 Å². The van der Waals surface area contributed by atoms with Crippen LogP contribution in [0.15, 0.2) is 0 Å². The van der Waals surface area contributed by atoms with Crippen molar-refractivity contribution in [3.05, 3.63) is 0 Å². The van der Waals surface area contributed by atoms with Crippen LogP contribution in [-0.4, -0.2) is 28.6 Å². The average Bonchev–Trinajstić information content (AvgIpc) is 3.08. The summed E-state index contributed by atoms with van der Waals surface area (Å²) >= 11 is 0. The predicted octanol–water partition coefficient (Wildman–Crippen LogP) is 9.38. The van der Waals surface area contributed by atoms with Gasteiger partial charge in [-0.1, -0.05) is 66.7 Å². The quantitative estimate of drug-likeness (QED) is 0.285. The van der Waals surface area contributed by atoms with Gasteiger partial charge in [0, 0.05) is 17.8 Å². The van der Waals surface area contributed by atoms with E-state index in [0.717, 1.165) is 51.6 Å². The lowest BCUT2D eigenvalue weighted by Gasteiger charge is -2.75. The number of ether oxygens (including phenoxy) is 1. The Kier molecular flexibility index (Phi) is 7.38. The molecule has 2 N–H and O–H groups in total. The normalized spacial score (nSPS) is 54.0. The van der Waals surface area contributed by atoms with Gasteiger partial charge in [-0.25, -0.2) is 0 Å². The van der Waals surface area contributed by atoms with Gasteiger partial charge in [-0.3, -0.25) is 4.79 Å². The summed E-state index contributed by atoms with van der Waals surface area (Å²) in [6, 6.07) is 0. The van der Waals surface area contributed by atoms with E-state index < -0.39 is 17.2 Å². The van der Waals surface area contributed by atoms with Crippen LogP contribution >= 0.6 is 0 Å². The third-order valence-corrected chi connectivity index (χ3v) is 16.0. The molecule has 0 aromatic rings. The molecule has 11 atom stereocenters. The first-order valence-corrected chi connectivity index (χ1v) is 17.9. The summed E-state index contributed by atoms with van der Waals surface area (Å²) < 4.78 is 6.37. The molecule has 1 spiro atoms. The fraction of sp³-hybridized carbons (Fsp3) is 0.973. The lowest BCUT2D eigenvalue weighted by Crippen LogP contribution is -2.69. The molecule has 4 heteroatoms. The van der Waals surface area contributed by atoms with Crippen molar-refractivity contribution in [1.29, 1.82) is 0 Å². The monoisotopic (exact) mass is 570 g/mol. The Morgan fingerprint density at radius 3 is 2.24 bits per heavy atom. The molecule has 0 radical (unpaired) electrons. The maximum Gasteiger partial charge on any atom is 0.309 e. The zero-order valence-electron chi connectivity index (χ0n) is 27.5. The van der Waals surface area contributed by atoms with Gasteiger partial charge in [0.1, 0.15) is 0 Å². The first-order chi connectivity index (χ1) is 19.3. The number of aliphatic hydroxyl groups is 1. The fourth-order valence-corrected chi connectivity index (χ4v) is 13.7. The molecule has 234 valence electrons. The summed E-state index contributed by atoms with van der Waals surface area (Å²) in [5.41, 5.74) is 0.599. The maximum absolute atomic E-state index is 12.7. The van der Waals surface area contributed by atoms with Crippen molar-refractivity contribution in [2.24, 2.45) is 56.2 Å². The Labute approximate surface area is 251 Å². The van der Waals surface area contributed by atoms with Crippen LogP contribution in [0, 0.1) is 56.2 Å². The fourth-order valence-electron chi connectivity index (χ4n) is 13.7. The molecule has 6 rings (SSSR count). The number of carbonyl (C=O) groups is 1. The second kappa shape index (κ2) is 9.95. The minimum atomic E-state index is -0.895. The Morgan fingerprint density at radius 1 is 0.805 bits per heavy atom. The molecular weight excluding hydrogens is 508 g/mol. The molecule has 41 heavy (non-hydrogen) atoms. The molecule has 5 saturated carbocycles. The Bertz CT molecular complexity index is 1030. The zero-order valence-corrected chi connectivity index (χ0v) is 27.5. The number of hydrogen-bond acceptors (Lipinski definition) is 3. The standard InChI is InChI=1S/C37H62O4/c1-7-9-10-11-15-36-23-21-33(5)26(13-16-35-25-41-37(40,17-14-27(33)35)28(35)12-8-2)34(36,6)22-20-31(3)18-19-32(4,30(38)39)24-29(31)36/h26-29,40H,7-25H2,1-6H3,(H,38,39). The van der Waals surface area contributed by atoms with Crippen molar-refractivity contribution in [3.8, 4) is 0 Å². The Balaban J connectivity index is 1.41. The lowest BCUT2D eigenvalue weighted by molar-refractivity contribution is -0.276. The van der Waals surface area contributed by atoms with Crippen LogP contribution in [0.3, 0.4) is 0 Å². The minimum Gasteiger partial charge on any atom is -0.481 e. The van der Waals surface area contributed by atoms with Crippen LogP contribution in [0.1, 0.15) is 157 Å². The van der Waals surface area contributed by atoms with Crippen LogP contribution < -0.4 is 0 Å². The molecule has 1 saturated heterocycles. The van der Waals surface area contributed by atoms with Crippen molar-refractivity contribution >= 4 is 5.97 Å². The molecular formula is C37H62O4. The molecule has 1 aliphatic heterocycles. The summed E-state index contributed by atoms with van der Waals surface area (Å²) in [6.07, 6.45) is 21.0. The highest BCUT2D eigenvalue weighted by molar-refractivity contribution is 5.74. The zero-order chi connectivity index (χ0) is 29.5. The molecule has 4 nitrogen and oxygen atoms in total. The van der Waals surface area contributed by atoms with Crippen LogP contribution in [0.4, 0.5) is 0 Å². The van der Waals surface area contributed by atoms with Gasteiger partial charge in [0.2, 0.25) is 0 Å². The van der Waals surface area contributed by atoms with E-state index in [1.807, 2.05) is 0 Å². The van der Waals surface area contributed by atoms with Gasteiger partial charge in [0.25, 0.3) is 0 Å². The van der Waals surface area contributed by atoms with Crippen molar-refractivity contribution in [3.63, 3.8) is 0 Å². The highest BCUT2D eigenvalue weighted by Crippen LogP contribution is 2.80. The summed E-state index contributed by atoms with van der Waals surface area (Å²) in [6.45, 7) is 15.4. The van der Waals surface area contributed by atoms with Gasteiger partial charge in [-0.2, -0.15) is 0 Å². The van der Waals surface area contributed by atoms with Crippen molar-refractivity contribution in [2.45, 2.75) is 163 Å². The van der Waals surface area contributed by atoms with Gasteiger partial charge in [0.05, 0.1) is 12.0 Å². The maximum atomic E-state index is 12.7. The summed E-state index contributed by atoms with van der Waals surface area (Å²) in [5.74, 6) is 0.646. The second-order valence-electron chi connectivity index (χ2n) is 17.6. The third-order valence-electron chi connectivity index (χ3n) is 16.0. The van der Waals surface area contributed by atoms with E-state index in [0.29, 0.717) is 17.8 Å². The van der Waals surface area contributed by atoms with E-state index in [-0.39, 0.29) is 33.0 Å². The Morgan fingerprint density at radius 2 is 1.54 bits per heavy atom. The van der Waals surface area contributed by atoms with E-state index in [1.165, 1.54) is 70.6 Å². The second-order valence-corrected chi connectivity index (χ2v) is 17.6. The number of aliphatic carboxylic acids is 1. The highest BCUT2D eigenvalue weighted by atomic mass is 16.6. The topological polar surface area (TPSA) is 66.8 Å². The molecule has 1 heterocycles. The van der Waals surface area contributed by atoms with Crippen LogP contribution in [0.2, 0.25) is 0 Å². The molecule has 0 aromatic carbocycles. The SMILES string of the molecule is CCCCCCC12CCC3(C)C4CCC5(O)OCC4(CCC3C1(C)CCC1(C)CCC(C)(C(=O)O)CC12)C5CCC. The summed E-state index contributed by atoms with van der Waals surface area (Å²) in [4.78, 5) is 12.7. The van der Waals surface area contributed by atoms with E-state index in [9.17, 15) is 15.0 Å². The van der Waals surface area contributed by atoms with Crippen molar-refractivity contribution in [1.82, 2.24) is 0 Å². The van der Waals surface area contributed by atoms with Gasteiger partial charge in [0.15, 0.2) is 5.79 Å². The Hall–Kier alpha value is -0.610. The van der Waals surface area contributed by atoms with E-state index in [4.69, 9.17) is 4.74 Å². The number of hydrogen-bond donors (Lipinski definition) is 2. The number of unbranched alkanes of at least 4 members (excludes halogenated alkanes) is 3. The number of rotatable bonds is 8. The lowest BCUT2D eigenvalue weighted by atomic mass is 9.29. The minimum absolute atomic E-state index is 0.141. The van der Waals surface area contributed by atoms with Crippen LogP contribution in [-0.2, 0) is 9.53 Å². The number of carboxylic acid groups (broad SMARTS) is 1. The smallest absolute Gasteiger partial charge is 0.309 e. The van der Waals surface area contributed by atoms with E-state index in [2.05, 4.69) is 41.5 Å². The molecule has 11 unspecified atom stereocenters. The molecule has 2 bridgehead atoms. The highest BCUT2D eigenvalue weighted by Gasteiger charge is 2.75. The van der Waals surface area contributed by atoms with Crippen LogP contribution in [0.25, 0.3) is 0 Å². The first-order valence-electron chi connectivity index (χ1n) is 17.9. The molecule has 5 aliphatic carbocycles. The number of carboxylic acids is 1. The first kappa shape index (κ1) is 30.4. The van der Waals surface area contributed by atoms with Gasteiger partial charge >= 0.3 is 5.97 Å². The summed E-state index contributed by atoms with van der Waals surface area (Å²) in [5, 5.41) is 22.1. The predicted molar refractivity (Wildman–Crippen MR) is 164 cm³/mol. The largest absolute Gasteiger partial charge is 0.481 e. The molecule has 0 amide bonds. The molecule has 6 aliphatic rings. The average molecular weight is 571 g/mol. The third kappa shape index (κ3) is 4.00. The van der Waals surface area contributed by atoms with E-state index in [1.54, 1.807) is 0 Å². The van der Waals surface area contributed by atoms with Crippen LogP contribution in [0.5, 0.6) is 0 Å². The molecule has 0 aromatic heterocycles. The molecule has 6 fully saturated rings. The van der Waals surface area contributed by atoms with Gasteiger partial charge in [-0.15, -0.1) is 0 Å². The van der Waals surface area contributed by atoms with Gasteiger partial charge in [-0.05, 0) is 123 Å². The summed E-state index contributed by atoms with van der Waals surface area (Å²) in [7, 11) is 0. The van der Waals surface area contributed by atoms with Crippen molar-refractivity contribution < 1.29 is 19.7 Å². The van der Waals surface area contributed by atoms with E-state index >= 15 is 0 Å². The number of fused-ring (bicyclic) bond motifs is 7.